The van der Waals surface area contributed by atoms with Gasteiger partial charge in [-0.05, 0) is 11.6 Å². The Morgan fingerprint density at radius 2 is 1.75 bits per heavy atom. The van der Waals surface area contributed by atoms with E-state index >= 15 is 0 Å². The van der Waals surface area contributed by atoms with Gasteiger partial charge in [-0.25, -0.2) is 0 Å². The molecule has 1 amide bonds. The van der Waals surface area contributed by atoms with Gasteiger partial charge in [-0.2, -0.15) is 0 Å². The normalized spacial score (nSPS) is 10.3. The predicted octanol–water partition coefficient (Wildman–Crippen LogP) is 3.74. The van der Waals surface area contributed by atoms with Crippen molar-refractivity contribution in [3.63, 3.8) is 0 Å². The van der Waals surface area contributed by atoms with Crippen LogP contribution in [0, 0.1) is 0 Å². The first-order valence-corrected chi connectivity index (χ1v) is 7.96. The molecule has 0 heterocycles. The van der Waals surface area contributed by atoms with Crippen LogP contribution in [0.3, 0.4) is 0 Å². The third-order valence-electron chi connectivity index (χ3n) is 3.31. The molecule has 24 heavy (non-hydrogen) atoms. The van der Waals surface area contributed by atoms with E-state index in [4.69, 9.17) is 32.7 Å². The molecule has 5 nitrogen and oxygen atoms in total. The molecule has 0 radical (unpaired) electrons. The van der Waals surface area contributed by atoms with E-state index in [1.54, 1.807) is 12.1 Å². The summed E-state index contributed by atoms with van der Waals surface area (Å²) in [4.78, 5) is 12.1. The molecule has 7 heteroatoms. The number of halogens is 2. The van der Waals surface area contributed by atoms with Gasteiger partial charge in [0.25, 0.3) is 0 Å². The summed E-state index contributed by atoms with van der Waals surface area (Å²) in [5, 5.41) is 6.88. The molecular weight excluding hydrogens is 351 g/mol. The topological polar surface area (TPSA) is 59.6 Å². The number of carbonyl (C=O) groups is 1. The minimum atomic E-state index is -0.218. The van der Waals surface area contributed by atoms with Crippen LogP contribution in [0.1, 0.15) is 5.56 Å². The van der Waals surface area contributed by atoms with Crippen LogP contribution in [0.25, 0.3) is 0 Å². The molecule has 0 spiro atoms. The zero-order valence-corrected chi connectivity index (χ0v) is 14.9. The first kappa shape index (κ1) is 18.4. The number of rotatable bonds is 7. The Bertz CT molecular complexity index is 723. The van der Waals surface area contributed by atoms with E-state index in [-0.39, 0.29) is 12.5 Å². The number of benzene rings is 2. The van der Waals surface area contributed by atoms with Crippen molar-refractivity contribution in [2.75, 3.05) is 26.1 Å². The third kappa shape index (κ3) is 4.77. The second-order valence-electron chi connectivity index (χ2n) is 4.93. The Morgan fingerprint density at radius 3 is 2.42 bits per heavy atom. The first-order chi connectivity index (χ1) is 11.5. The molecule has 0 fully saturated rings. The number of amides is 1. The van der Waals surface area contributed by atoms with Gasteiger partial charge in [0, 0.05) is 23.7 Å². The maximum absolute atomic E-state index is 12.1. The molecule has 2 rings (SSSR count). The first-order valence-electron chi connectivity index (χ1n) is 7.20. The smallest absolute Gasteiger partial charge is 0.238 e. The van der Waals surface area contributed by atoms with Crippen molar-refractivity contribution in [3.05, 3.63) is 52.0 Å². The minimum Gasteiger partial charge on any atom is -0.495 e. The van der Waals surface area contributed by atoms with Crippen molar-refractivity contribution >= 4 is 34.8 Å². The lowest BCUT2D eigenvalue weighted by molar-refractivity contribution is -0.115. The van der Waals surface area contributed by atoms with Crippen molar-refractivity contribution in [1.82, 2.24) is 5.32 Å². The average molecular weight is 369 g/mol. The molecule has 2 aromatic carbocycles. The average Bonchev–Trinajstić information content (AvgIpc) is 2.57. The fraction of sp³-hybridized carbons (Fsp3) is 0.235. The summed E-state index contributed by atoms with van der Waals surface area (Å²) in [6.45, 7) is 0.619. The number of methoxy groups -OCH3 is 2. The highest BCUT2D eigenvalue weighted by molar-refractivity contribution is 6.32. The van der Waals surface area contributed by atoms with Gasteiger partial charge in [0.15, 0.2) is 0 Å². The van der Waals surface area contributed by atoms with Crippen LogP contribution in [0.5, 0.6) is 11.5 Å². The van der Waals surface area contributed by atoms with Crippen molar-refractivity contribution in [2.45, 2.75) is 6.54 Å². The van der Waals surface area contributed by atoms with Crippen LogP contribution in [-0.4, -0.2) is 26.7 Å². The SMILES string of the molecule is COc1cc(NC(=O)CNCc2ccccc2Cl)c(OC)cc1Cl. The molecule has 0 aliphatic rings. The van der Waals surface area contributed by atoms with E-state index in [2.05, 4.69) is 10.6 Å². The number of anilines is 1. The summed E-state index contributed by atoms with van der Waals surface area (Å²) in [6.07, 6.45) is 0. The molecule has 128 valence electrons. The summed E-state index contributed by atoms with van der Waals surface area (Å²) in [5.41, 5.74) is 1.42. The van der Waals surface area contributed by atoms with Gasteiger partial charge in [-0.15, -0.1) is 0 Å². The van der Waals surface area contributed by atoms with Gasteiger partial charge in [0.05, 0.1) is 31.5 Å². The molecule has 0 aromatic heterocycles. The van der Waals surface area contributed by atoms with Gasteiger partial charge in [0.2, 0.25) is 5.91 Å². The van der Waals surface area contributed by atoms with Crippen molar-refractivity contribution in [1.29, 1.82) is 0 Å². The van der Waals surface area contributed by atoms with Gasteiger partial charge in [0.1, 0.15) is 11.5 Å². The summed E-state index contributed by atoms with van der Waals surface area (Å²) < 4.78 is 10.4. The van der Waals surface area contributed by atoms with E-state index in [1.165, 1.54) is 14.2 Å². The number of hydrogen-bond acceptors (Lipinski definition) is 4. The van der Waals surface area contributed by atoms with E-state index in [0.717, 1.165) is 5.56 Å². The van der Waals surface area contributed by atoms with Crippen molar-refractivity contribution < 1.29 is 14.3 Å². The molecule has 0 aliphatic carbocycles. The third-order valence-corrected chi connectivity index (χ3v) is 3.97. The Hall–Kier alpha value is -1.95. The highest BCUT2D eigenvalue weighted by Crippen LogP contribution is 2.35. The molecule has 0 bridgehead atoms. The Balaban J connectivity index is 1.96. The van der Waals surface area contributed by atoms with E-state index in [9.17, 15) is 4.79 Å². The lowest BCUT2D eigenvalue weighted by Crippen LogP contribution is -2.28. The maximum Gasteiger partial charge on any atom is 0.238 e. The van der Waals surface area contributed by atoms with Crippen molar-refractivity contribution in [3.8, 4) is 11.5 Å². The van der Waals surface area contributed by atoms with Gasteiger partial charge in [-0.3, -0.25) is 4.79 Å². The van der Waals surface area contributed by atoms with Gasteiger partial charge in [-0.1, -0.05) is 41.4 Å². The van der Waals surface area contributed by atoms with Gasteiger partial charge >= 0.3 is 0 Å². The molecule has 0 atom stereocenters. The summed E-state index contributed by atoms with van der Waals surface area (Å²) in [5.74, 6) is 0.696. The second kappa shape index (κ2) is 8.78. The zero-order valence-electron chi connectivity index (χ0n) is 13.4. The largest absolute Gasteiger partial charge is 0.495 e. The monoisotopic (exact) mass is 368 g/mol. The summed E-state index contributed by atoms with van der Waals surface area (Å²) >= 11 is 12.1. The zero-order chi connectivity index (χ0) is 17.5. The lowest BCUT2D eigenvalue weighted by atomic mass is 10.2. The van der Waals surface area contributed by atoms with E-state index in [1.807, 2.05) is 24.3 Å². The van der Waals surface area contributed by atoms with Crippen LogP contribution in [0.2, 0.25) is 10.0 Å². The summed E-state index contributed by atoms with van der Waals surface area (Å²) in [7, 11) is 3.01. The minimum absolute atomic E-state index is 0.124. The van der Waals surface area contributed by atoms with Crippen LogP contribution in [-0.2, 0) is 11.3 Å². The molecule has 0 unspecified atom stereocenters. The van der Waals surface area contributed by atoms with Gasteiger partial charge < -0.3 is 20.1 Å². The lowest BCUT2D eigenvalue weighted by Gasteiger charge is -2.13. The highest BCUT2D eigenvalue weighted by atomic mass is 35.5. The number of ether oxygens (including phenoxy) is 2. The van der Waals surface area contributed by atoms with Crippen LogP contribution in [0.4, 0.5) is 5.69 Å². The molecule has 2 aromatic rings. The number of hydrogen-bond donors (Lipinski definition) is 2. The van der Waals surface area contributed by atoms with Crippen molar-refractivity contribution in [2.24, 2.45) is 0 Å². The summed E-state index contributed by atoms with van der Waals surface area (Å²) in [6, 6.07) is 10.7. The Labute approximate surface area is 150 Å². The van der Waals surface area contributed by atoms with Crippen LogP contribution >= 0.6 is 23.2 Å². The molecule has 0 aliphatic heterocycles. The standard InChI is InChI=1S/C17H18Cl2N2O3/c1-23-15-8-14(16(24-2)7-13(15)19)21-17(22)10-20-9-11-5-3-4-6-12(11)18/h3-8,20H,9-10H2,1-2H3,(H,21,22). The number of nitrogens with one attached hydrogen (secondary N) is 2. The van der Waals surface area contributed by atoms with Crippen LogP contribution < -0.4 is 20.1 Å². The molecule has 0 saturated heterocycles. The Morgan fingerprint density at radius 1 is 1.04 bits per heavy atom. The highest BCUT2D eigenvalue weighted by Gasteiger charge is 2.12. The molecule has 2 N–H and O–H groups in total. The maximum atomic E-state index is 12.1. The number of carbonyl (C=O) groups excluding carboxylic acids is 1. The fourth-order valence-electron chi connectivity index (χ4n) is 2.10. The fourth-order valence-corrected chi connectivity index (χ4v) is 2.54. The molecular formula is C17H18Cl2N2O3. The molecule has 0 saturated carbocycles. The Kier molecular flexibility index (Phi) is 6.73. The van der Waals surface area contributed by atoms with Crippen LogP contribution in [0.15, 0.2) is 36.4 Å². The van der Waals surface area contributed by atoms with E-state index in [0.29, 0.717) is 33.8 Å². The second-order valence-corrected chi connectivity index (χ2v) is 5.74. The predicted molar refractivity (Wildman–Crippen MR) is 96.3 cm³/mol. The van der Waals surface area contributed by atoms with E-state index < -0.39 is 0 Å². The quantitative estimate of drug-likeness (QED) is 0.781.